The topological polar surface area (TPSA) is 51.1 Å². The number of hydrogen-bond donors (Lipinski definition) is 0. The van der Waals surface area contributed by atoms with Gasteiger partial charge in [-0.2, -0.15) is 5.10 Å². The average molecular weight is 350 g/mol. The summed E-state index contributed by atoms with van der Waals surface area (Å²) in [6, 6.07) is 14.0. The first kappa shape index (κ1) is 16.6. The minimum atomic E-state index is -0.0661. The third kappa shape index (κ3) is 2.64. The minimum absolute atomic E-state index is 0.0391. The van der Waals surface area contributed by atoms with Crippen LogP contribution in [0.25, 0.3) is 0 Å². The number of carbonyl (C=O) groups excluding carboxylic acids is 1. The van der Waals surface area contributed by atoms with Crippen LogP contribution in [0.1, 0.15) is 36.1 Å². The number of benzene rings is 2. The van der Waals surface area contributed by atoms with Gasteiger partial charge in [0.1, 0.15) is 11.5 Å². The standard InChI is InChI=1S/C21H22N2O3/c1-13(24)23-21(14-4-7-16(25-2)8-5-14)19-10-6-15-12-17(26-3)9-11-18(15)20(19)22-23/h4-5,7-9,11-12,19,21H,6,10H2,1-3H3/t19-,21-/m0/s1. The maximum absolute atomic E-state index is 12.3. The SMILES string of the molecule is COc1ccc([C@H]2[C@H]3CCc4cc(OC)ccc4C3=NN2C(C)=O)cc1. The van der Waals surface area contributed by atoms with Crippen LogP contribution in [-0.2, 0) is 11.2 Å². The van der Waals surface area contributed by atoms with Gasteiger partial charge in [-0.25, -0.2) is 5.01 Å². The highest BCUT2D eigenvalue weighted by Gasteiger charge is 2.43. The Morgan fingerprint density at radius 3 is 2.42 bits per heavy atom. The normalized spacial score (nSPS) is 20.9. The first-order chi connectivity index (χ1) is 12.6. The number of ether oxygens (including phenoxy) is 2. The summed E-state index contributed by atoms with van der Waals surface area (Å²) in [5, 5.41) is 6.38. The molecule has 134 valence electrons. The highest BCUT2D eigenvalue weighted by atomic mass is 16.5. The third-order valence-corrected chi connectivity index (χ3v) is 5.30. The first-order valence-corrected chi connectivity index (χ1v) is 8.82. The molecule has 1 heterocycles. The molecule has 1 amide bonds. The molecule has 1 aliphatic heterocycles. The molecule has 0 fully saturated rings. The summed E-state index contributed by atoms with van der Waals surface area (Å²) in [5.41, 5.74) is 4.45. The van der Waals surface area contributed by atoms with Gasteiger partial charge >= 0.3 is 0 Å². The average Bonchev–Trinajstić information content (AvgIpc) is 3.07. The van der Waals surface area contributed by atoms with Crippen molar-refractivity contribution in [2.45, 2.75) is 25.8 Å². The third-order valence-electron chi connectivity index (χ3n) is 5.30. The molecule has 26 heavy (non-hydrogen) atoms. The number of rotatable bonds is 3. The summed E-state index contributed by atoms with van der Waals surface area (Å²) >= 11 is 0. The highest BCUT2D eigenvalue weighted by molar-refractivity contribution is 6.06. The zero-order chi connectivity index (χ0) is 18.3. The van der Waals surface area contributed by atoms with Gasteiger partial charge in [-0.05, 0) is 54.3 Å². The second-order valence-electron chi connectivity index (χ2n) is 6.74. The molecular formula is C21H22N2O3. The van der Waals surface area contributed by atoms with E-state index in [4.69, 9.17) is 14.6 Å². The van der Waals surface area contributed by atoms with Crippen LogP contribution in [-0.4, -0.2) is 30.8 Å². The molecule has 1 aliphatic carbocycles. The van der Waals surface area contributed by atoms with Gasteiger partial charge in [-0.3, -0.25) is 4.79 Å². The van der Waals surface area contributed by atoms with Crippen LogP contribution >= 0.6 is 0 Å². The highest BCUT2D eigenvalue weighted by Crippen LogP contribution is 2.44. The number of nitrogens with zero attached hydrogens (tertiary/aromatic N) is 2. The second kappa shape index (κ2) is 6.48. The Kier molecular flexibility index (Phi) is 4.15. The van der Waals surface area contributed by atoms with Gasteiger partial charge in [-0.15, -0.1) is 0 Å². The monoisotopic (exact) mass is 350 g/mol. The van der Waals surface area contributed by atoms with Crippen molar-refractivity contribution in [2.75, 3.05) is 14.2 Å². The maximum atomic E-state index is 12.3. The molecule has 0 N–H and O–H groups in total. The molecule has 0 bridgehead atoms. The van der Waals surface area contributed by atoms with Gasteiger partial charge < -0.3 is 9.47 Å². The lowest BCUT2D eigenvalue weighted by Crippen LogP contribution is -2.31. The number of hydrazone groups is 1. The second-order valence-corrected chi connectivity index (χ2v) is 6.74. The Hall–Kier alpha value is -2.82. The van der Waals surface area contributed by atoms with E-state index in [1.807, 2.05) is 30.3 Å². The van der Waals surface area contributed by atoms with E-state index < -0.39 is 0 Å². The Morgan fingerprint density at radius 1 is 1.08 bits per heavy atom. The van der Waals surface area contributed by atoms with Crippen molar-refractivity contribution in [3.63, 3.8) is 0 Å². The molecule has 2 aromatic carbocycles. The van der Waals surface area contributed by atoms with E-state index in [0.29, 0.717) is 0 Å². The molecule has 2 atom stereocenters. The fraction of sp³-hybridized carbons (Fsp3) is 0.333. The van der Waals surface area contributed by atoms with Crippen molar-refractivity contribution in [3.05, 3.63) is 59.2 Å². The number of amides is 1. The summed E-state index contributed by atoms with van der Waals surface area (Å²) in [7, 11) is 3.33. The van der Waals surface area contributed by atoms with E-state index in [-0.39, 0.29) is 17.9 Å². The van der Waals surface area contributed by atoms with Crippen LogP contribution in [0.5, 0.6) is 11.5 Å². The van der Waals surface area contributed by atoms with Crippen molar-refractivity contribution in [2.24, 2.45) is 11.0 Å². The minimum Gasteiger partial charge on any atom is -0.497 e. The van der Waals surface area contributed by atoms with Crippen LogP contribution in [0.4, 0.5) is 0 Å². The molecule has 5 nitrogen and oxygen atoms in total. The van der Waals surface area contributed by atoms with E-state index in [0.717, 1.165) is 41.2 Å². The van der Waals surface area contributed by atoms with Gasteiger partial charge in [0.05, 0.1) is 26.0 Å². The first-order valence-electron chi connectivity index (χ1n) is 8.82. The van der Waals surface area contributed by atoms with E-state index in [2.05, 4.69) is 12.1 Å². The number of aryl methyl sites for hydroxylation is 1. The molecule has 0 aromatic heterocycles. The fourth-order valence-corrected chi connectivity index (χ4v) is 4.03. The van der Waals surface area contributed by atoms with E-state index in [1.54, 1.807) is 26.2 Å². The lowest BCUT2D eigenvalue weighted by atomic mass is 9.77. The largest absolute Gasteiger partial charge is 0.497 e. The van der Waals surface area contributed by atoms with Crippen molar-refractivity contribution in [1.29, 1.82) is 0 Å². The van der Waals surface area contributed by atoms with Crippen LogP contribution in [0.2, 0.25) is 0 Å². The summed E-state index contributed by atoms with van der Waals surface area (Å²) in [4.78, 5) is 12.3. The van der Waals surface area contributed by atoms with Gasteiger partial charge in [0.15, 0.2) is 0 Å². The Labute approximate surface area is 153 Å². The van der Waals surface area contributed by atoms with Gasteiger partial charge in [0.2, 0.25) is 5.91 Å². The molecule has 0 spiro atoms. The summed E-state index contributed by atoms with van der Waals surface area (Å²) in [6.45, 7) is 1.58. The van der Waals surface area contributed by atoms with Crippen LogP contribution in [0, 0.1) is 5.92 Å². The predicted octanol–water partition coefficient (Wildman–Crippen LogP) is 3.57. The van der Waals surface area contributed by atoms with Gasteiger partial charge in [-0.1, -0.05) is 12.1 Å². The predicted molar refractivity (Wildman–Crippen MR) is 99.6 cm³/mol. The lowest BCUT2D eigenvalue weighted by Gasteiger charge is -2.29. The Morgan fingerprint density at radius 2 is 1.77 bits per heavy atom. The lowest BCUT2D eigenvalue weighted by molar-refractivity contribution is -0.131. The Bertz CT molecular complexity index is 873. The molecule has 5 heteroatoms. The molecule has 0 saturated heterocycles. The molecule has 2 aliphatic rings. The van der Waals surface area contributed by atoms with Gasteiger partial charge in [0.25, 0.3) is 0 Å². The van der Waals surface area contributed by atoms with E-state index >= 15 is 0 Å². The van der Waals surface area contributed by atoms with Crippen molar-refractivity contribution >= 4 is 11.6 Å². The van der Waals surface area contributed by atoms with Crippen LogP contribution < -0.4 is 9.47 Å². The molecule has 4 rings (SSSR count). The zero-order valence-electron chi connectivity index (χ0n) is 15.2. The Balaban J connectivity index is 1.75. The maximum Gasteiger partial charge on any atom is 0.240 e. The van der Waals surface area contributed by atoms with Crippen molar-refractivity contribution in [3.8, 4) is 11.5 Å². The molecule has 0 unspecified atom stereocenters. The number of methoxy groups -OCH3 is 2. The molecule has 0 saturated carbocycles. The molecular weight excluding hydrogens is 328 g/mol. The quantitative estimate of drug-likeness (QED) is 0.850. The van der Waals surface area contributed by atoms with Crippen LogP contribution in [0.3, 0.4) is 0 Å². The summed E-state index contributed by atoms with van der Waals surface area (Å²) in [6.07, 6.45) is 1.91. The number of carbonyl (C=O) groups is 1. The molecule has 2 aromatic rings. The smallest absolute Gasteiger partial charge is 0.240 e. The van der Waals surface area contributed by atoms with Crippen molar-refractivity contribution < 1.29 is 14.3 Å². The van der Waals surface area contributed by atoms with Crippen LogP contribution in [0.15, 0.2) is 47.6 Å². The zero-order valence-corrected chi connectivity index (χ0v) is 15.2. The number of hydrogen-bond acceptors (Lipinski definition) is 4. The van der Waals surface area contributed by atoms with E-state index in [9.17, 15) is 4.79 Å². The summed E-state index contributed by atoms with van der Waals surface area (Å²) in [5.74, 6) is 1.83. The van der Waals surface area contributed by atoms with E-state index in [1.165, 1.54) is 5.56 Å². The fourth-order valence-electron chi connectivity index (χ4n) is 4.03. The molecule has 0 radical (unpaired) electrons. The number of fused-ring (bicyclic) bond motifs is 3. The summed E-state index contributed by atoms with van der Waals surface area (Å²) < 4.78 is 10.6. The van der Waals surface area contributed by atoms with Gasteiger partial charge in [0, 0.05) is 18.4 Å². The van der Waals surface area contributed by atoms with Crippen molar-refractivity contribution in [1.82, 2.24) is 5.01 Å².